The summed E-state index contributed by atoms with van der Waals surface area (Å²) < 4.78 is 13.5. The second-order valence-electron chi connectivity index (χ2n) is 9.15. The quantitative estimate of drug-likeness (QED) is 0.166. The van der Waals surface area contributed by atoms with Crippen LogP contribution in [0.25, 0.3) is 44.1 Å². The Bertz CT molecular complexity index is 1390. The number of aromatic nitrogens is 1. The average molecular weight is 484 g/mol. The van der Waals surface area contributed by atoms with Crippen LogP contribution in [0.1, 0.15) is 25.7 Å². The number of benzene rings is 4. The van der Waals surface area contributed by atoms with Crippen molar-refractivity contribution in [2.75, 3.05) is 6.16 Å². The lowest BCUT2D eigenvalue weighted by Gasteiger charge is -2.09. The maximum atomic E-state index is 11.1. The van der Waals surface area contributed by atoms with Gasteiger partial charge in [0.05, 0.1) is 0 Å². The lowest BCUT2D eigenvalue weighted by atomic mass is 10.0. The molecule has 178 valence electrons. The molecule has 2 N–H and O–H groups in total. The van der Waals surface area contributed by atoms with Gasteiger partial charge in [-0.1, -0.05) is 85.6 Å². The van der Waals surface area contributed by atoms with Crippen LogP contribution in [0.2, 0.25) is 0 Å². The van der Waals surface area contributed by atoms with Crippen LogP contribution in [0, 0.1) is 0 Å². The minimum Gasteiger partial charge on any atom is -0.340 e. The van der Waals surface area contributed by atoms with E-state index in [0.29, 0.717) is 6.42 Å². The van der Waals surface area contributed by atoms with Crippen LogP contribution < -0.4 is 0 Å². The standard InChI is InChI=1S/C30H30NO3P/c32-35(33,34)20-10-2-1-9-19-31-29-17-15-25(23-11-5-3-6-12-23)21-27(29)28-22-26(16-18-30(28)31)24-13-7-4-8-14-24/h3-8,11-18,21-22H,1-2,9-10,19-20H2,(H2,32,33,34). The lowest BCUT2D eigenvalue weighted by Crippen LogP contribution is -1.98. The first-order valence-corrected chi connectivity index (χ1v) is 14.0. The van der Waals surface area contributed by atoms with Crippen molar-refractivity contribution in [3.63, 3.8) is 0 Å². The van der Waals surface area contributed by atoms with Gasteiger partial charge in [-0.05, 0) is 59.4 Å². The number of aryl methyl sites for hydroxylation is 1. The molecule has 4 aromatic carbocycles. The van der Waals surface area contributed by atoms with E-state index in [9.17, 15) is 4.57 Å². The Labute approximate surface area is 206 Å². The van der Waals surface area contributed by atoms with E-state index in [-0.39, 0.29) is 6.16 Å². The van der Waals surface area contributed by atoms with E-state index in [1.807, 2.05) is 12.1 Å². The van der Waals surface area contributed by atoms with Crippen molar-refractivity contribution in [2.45, 2.75) is 32.2 Å². The molecule has 0 unspecified atom stereocenters. The molecule has 0 aliphatic carbocycles. The second-order valence-corrected chi connectivity index (χ2v) is 10.9. The molecular formula is C30H30NO3P. The van der Waals surface area contributed by atoms with Gasteiger partial charge in [0, 0.05) is 34.5 Å². The molecule has 4 nitrogen and oxygen atoms in total. The molecule has 0 fully saturated rings. The van der Waals surface area contributed by atoms with Crippen LogP contribution in [-0.4, -0.2) is 20.5 Å². The minimum absolute atomic E-state index is 0.0209. The highest BCUT2D eigenvalue weighted by molar-refractivity contribution is 7.51. The smallest absolute Gasteiger partial charge is 0.325 e. The molecule has 0 aliphatic rings. The third kappa shape index (κ3) is 5.41. The number of nitrogens with zero attached hydrogens (tertiary/aromatic N) is 1. The fourth-order valence-electron chi connectivity index (χ4n) is 4.91. The molecule has 0 bridgehead atoms. The maximum Gasteiger partial charge on any atom is 0.325 e. The van der Waals surface area contributed by atoms with Gasteiger partial charge in [-0.15, -0.1) is 0 Å². The zero-order valence-corrected chi connectivity index (χ0v) is 20.6. The Morgan fingerprint density at radius 2 is 1.06 bits per heavy atom. The molecule has 0 radical (unpaired) electrons. The van der Waals surface area contributed by atoms with Gasteiger partial charge in [0.2, 0.25) is 0 Å². The van der Waals surface area contributed by atoms with Crippen LogP contribution >= 0.6 is 7.60 Å². The number of rotatable bonds is 9. The van der Waals surface area contributed by atoms with Crippen LogP contribution in [0.15, 0.2) is 97.1 Å². The van der Waals surface area contributed by atoms with Crippen molar-refractivity contribution in [1.29, 1.82) is 0 Å². The SMILES string of the molecule is O=P(O)(O)CCCCCCn1c2ccc(-c3ccccc3)cc2c2cc(-c3ccccc3)ccc21. The summed E-state index contributed by atoms with van der Waals surface area (Å²) in [5.41, 5.74) is 7.28. The predicted octanol–water partition coefficient (Wildman–Crippen LogP) is 7.87. The zero-order valence-electron chi connectivity index (χ0n) is 19.7. The summed E-state index contributed by atoms with van der Waals surface area (Å²) in [6, 6.07) is 34.4. The third-order valence-electron chi connectivity index (χ3n) is 6.66. The zero-order chi connectivity index (χ0) is 24.3. The van der Waals surface area contributed by atoms with Crippen molar-refractivity contribution in [3.05, 3.63) is 97.1 Å². The number of unbranched alkanes of at least 4 members (excludes halogenated alkanes) is 3. The van der Waals surface area contributed by atoms with Gasteiger partial charge >= 0.3 is 7.60 Å². The van der Waals surface area contributed by atoms with Crippen LogP contribution in [0.3, 0.4) is 0 Å². The molecule has 0 saturated heterocycles. The molecule has 0 amide bonds. The van der Waals surface area contributed by atoms with Gasteiger partial charge in [-0.2, -0.15) is 0 Å². The highest BCUT2D eigenvalue weighted by Gasteiger charge is 2.14. The average Bonchev–Trinajstić information content (AvgIpc) is 3.19. The Morgan fingerprint density at radius 3 is 1.54 bits per heavy atom. The summed E-state index contributed by atoms with van der Waals surface area (Å²) in [6.07, 6.45) is 3.30. The van der Waals surface area contributed by atoms with E-state index < -0.39 is 7.60 Å². The fourth-order valence-corrected chi connectivity index (χ4v) is 5.54. The van der Waals surface area contributed by atoms with Gasteiger partial charge in [0.1, 0.15) is 0 Å². The maximum absolute atomic E-state index is 11.1. The van der Waals surface area contributed by atoms with Gasteiger partial charge in [-0.25, -0.2) is 0 Å². The van der Waals surface area contributed by atoms with E-state index in [1.54, 1.807) is 0 Å². The Hall–Kier alpha value is -3.17. The molecule has 5 rings (SSSR count). The van der Waals surface area contributed by atoms with Gasteiger partial charge in [0.15, 0.2) is 0 Å². The van der Waals surface area contributed by atoms with Crippen molar-refractivity contribution in [3.8, 4) is 22.3 Å². The van der Waals surface area contributed by atoms with E-state index in [0.717, 1.165) is 25.8 Å². The first-order chi connectivity index (χ1) is 17.0. The molecule has 0 saturated carbocycles. The van der Waals surface area contributed by atoms with E-state index in [1.165, 1.54) is 44.1 Å². The summed E-state index contributed by atoms with van der Waals surface area (Å²) >= 11 is 0. The van der Waals surface area contributed by atoms with Gasteiger partial charge in [0.25, 0.3) is 0 Å². The Morgan fingerprint density at radius 1 is 0.571 bits per heavy atom. The Balaban J connectivity index is 1.51. The highest BCUT2D eigenvalue weighted by atomic mass is 31.2. The molecule has 1 aromatic heterocycles. The predicted molar refractivity (Wildman–Crippen MR) is 146 cm³/mol. The number of fused-ring (bicyclic) bond motifs is 3. The monoisotopic (exact) mass is 483 g/mol. The van der Waals surface area contributed by atoms with E-state index >= 15 is 0 Å². The number of hydrogen-bond acceptors (Lipinski definition) is 1. The summed E-state index contributed by atoms with van der Waals surface area (Å²) in [4.78, 5) is 18.2. The molecule has 0 atom stereocenters. The topological polar surface area (TPSA) is 62.5 Å². The van der Waals surface area contributed by atoms with E-state index in [4.69, 9.17) is 9.79 Å². The fraction of sp³-hybridized carbons (Fsp3) is 0.200. The molecule has 5 heteroatoms. The summed E-state index contributed by atoms with van der Waals surface area (Å²) in [7, 11) is -3.89. The first kappa shape index (κ1) is 23.6. The summed E-state index contributed by atoms with van der Waals surface area (Å²) in [6.45, 7) is 0.880. The second kappa shape index (κ2) is 10.2. The highest BCUT2D eigenvalue weighted by Crippen LogP contribution is 2.37. The first-order valence-electron chi connectivity index (χ1n) is 12.2. The molecule has 1 heterocycles. The summed E-state index contributed by atoms with van der Waals surface area (Å²) in [5, 5.41) is 2.50. The van der Waals surface area contributed by atoms with Crippen LogP contribution in [-0.2, 0) is 11.1 Å². The van der Waals surface area contributed by atoms with Crippen LogP contribution in [0.5, 0.6) is 0 Å². The normalized spacial score (nSPS) is 11.9. The molecular weight excluding hydrogens is 453 g/mol. The molecule has 0 spiro atoms. The lowest BCUT2D eigenvalue weighted by molar-refractivity contribution is 0.370. The Kier molecular flexibility index (Phi) is 6.88. The van der Waals surface area contributed by atoms with Gasteiger partial charge < -0.3 is 14.4 Å². The minimum atomic E-state index is -3.89. The van der Waals surface area contributed by atoms with Crippen molar-refractivity contribution < 1.29 is 14.4 Å². The van der Waals surface area contributed by atoms with Crippen molar-refractivity contribution >= 4 is 29.4 Å². The molecule has 0 aliphatic heterocycles. The largest absolute Gasteiger partial charge is 0.340 e. The van der Waals surface area contributed by atoms with Gasteiger partial charge in [-0.3, -0.25) is 4.57 Å². The molecule has 35 heavy (non-hydrogen) atoms. The molecule has 5 aromatic rings. The van der Waals surface area contributed by atoms with E-state index in [2.05, 4.69) is 89.5 Å². The van der Waals surface area contributed by atoms with Crippen molar-refractivity contribution in [1.82, 2.24) is 4.57 Å². The number of hydrogen-bond donors (Lipinski definition) is 2. The summed E-state index contributed by atoms with van der Waals surface area (Å²) in [5.74, 6) is 0. The van der Waals surface area contributed by atoms with Crippen LogP contribution in [0.4, 0.5) is 0 Å². The van der Waals surface area contributed by atoms with Crippen molar-refractivity contribution in [2.24, 2.45) is 0 Å². The third-order valence-corrected chi connectivity index (χ3v) is 7.56.